The number of carbonyl (C=O) groups excluding carboxylic acids is 1. The largest absolute Gasteiger partial charge is 0.348 e. The Kier molecular flexibility index (Phi) is 4.11. The van der Waals surface area contributed by atoms with Crippen molar-refractivity contribution in [3.63, 3.8) is 0 Å². The second-order valence-corrected chi connectivity index (χ2v) is 9.54. The second-order valence-electron chi connectivity index (χ2n) is 7.56. The third-order valence-electron chi connectivity index (χ3n) is 5.65. The van der Waals surface area contributed by atoms with Crippen LogP contribution in [0.3, 0.4) is 0 Å². The molecule has 2 aromatic heterocycles. The molecular weight excluding hydrogens is 372 g/mol. The van der Waals surface area contributed by atoms with Gasteiger partial charge in [-0.1, -0.05) is 5.16 Å². The van der Waals surface area contributed by atoms with E-state index >= 15 is 0 Å². The van der Waals surface area contributed by atoms with Crippen molar-refractivity contribution in [3.05, 3.63) is 29.9 Å². The van der Waals surface area contributed by atoms with Gasteiger partial charge in [-0.2, -0.15) is 4.98 Å². The molecule has 0 aromatic carbocycles. The van der Waals surface area contributed by atoms with E-state index in [-0.39, 0.29) is 24.4 Å². The van der Waals surface area contributed by atoms with E-state index in [1.165, 1.54) is 16.8 Å². The number of sulfonamides is 1. The number of aromatic nitrogens is 4. The number of fused-ring (bicyclic) bond motifs is 1. The average Bonchev–Trinajstić information content (AvgIpc) is 3.29. The zero-order valence-electron chi connectivity index (χ0n) is 15.4. The number of hydrogen-bond acceptors (Lipinski definition) is 7. The third-order valence-corrected chi connectivity index (χ3v) is 6.87. The van der Waals surface area contributed by atoms with E-state index in [0.29, 0.717) is 36.8 Å². The van der Waals surface area contributed by atoms with Crippen LogP contribution in [0.2, 0.25) is 0 Å². The first kappa shape index (κ1) is 18.1. The first-order valence-electron chi connectivity index (χ1n) is 8.72. The molecule has 2 aromatic rings. The van der Waals surface area contributed by atoms with Crippen LogP contribution in [0.25, 0.3) is 0 Å². The maximum Gasteiger partial charge on any atom is 0.269 e. The van der Waals surface area contributed by atoms with E-state index in [1.807, 2.05) is 0 Å². The Morgan fingerprint density at radius 2 is 2.22 bits per heavy atom. The molecule has 11 heteroatoms. The van der Waals surface area contributed by atoms with E-state index in [4.69, 9.17) is 4.52 Å². The first-order valence-corrected chi connectivity index (χ1v) is 10.6. The van der Waals surface area contributed by atoms with Crippen LogP contribution in [0.4, 0.5) is 0 Å². The number of nitrogens with one attached hydrogen (secondary N) is 1. The number of aryl methyl sites for hydroxylation is 2. The quantitative estimate of drug-likeness (QED) is 0.764. The summed E-state index contributed by atoms with van der Waals surface area (Å²) in [5.74, 6) is 0.771. The van der Waals surface area contributed by atoms with Crippen molar-refractivity contribution < 1.29 is 17.7 Å². The van der Waals surface area contributed by atoms with Gasteiger partial charge >= 0.3 is 0 Å². The van der Waals surface area contributed by atoms with Crippen LogP contribution in [0.5, 0.6) is 0 Å². The van der Waals surface area contributed by atoms with Crippen molar-refractivity contribution in [2.45, 2.75) is 31.2 Å². The van der Waals surface area contributed by atoms with E-state index in [2.05, 4.69) is 20.4 Å². The molecule has 2 fully saturated rings. The highest BCUT2D eigenvalue weighted by Gasteiger charge is 2.59. The summed E-state index contributed by atoms with van der Waals surface area (Å²) < 4.78 is 32.7. The van der Waals surface area contributed by atoms with E-state index in [0.717, 1.165) is 0 Å². The highest BCUT2D eigenvalue weighted by Crippen LogP contribution is 2.50. The Labute approximate surface area is 157 Å². The predicted molar refractivity (Wildman–Crippen MR) is 94.3 cm³/mol. The lowest BCUT2D eigenvalue weighted by atomic mass is 9.80. The number of hydrogen-bond donors (Lipinski definition) is 1. The molecule has 1 saturated heterocycles. The van der Waals surface area contributed by atoms with Crippen LogP contribution in [-0.2, 0) is 22.5 Å². The Morgan fingerprint density at radius 3 is 2.81 bits per heavy atom. The van der Waals surface area contributed by atoms with Crippen LogP contribution in [0.15, 0.2) is 17.0 Å². The fraction of sp³-hybridized carbons (Fsp3) is 0.625. The number of carbonyl (C=O) groups is 1. The van der Waals surface area contributed by atoms with Gasteiger partial charge in [0.1, 0.15) is 5.69 Å². The Hall–Kier alpha value is -2.27. The summed E-state index contributed by atoms with van der Waals surface area (Å²) in [5.41, 5.74) is -0.0955. The smallest absolute Gasteiger partial charge is 0.269 e. The summed E-state index contributed by atoms with van der Waals surface area (Å²) in [6.07, 6.45) is 5.51. The van der Waals surface area contributed by atoms with Gasteiger partial charge in [0.25, 0.3) is 5.91 Å². The van der Waals surface area contributed by atoms with Gasteiger partial charge in [0.05, 0.1) is 24.2 Å². The van der Waals surface area contributed by atoms with E-state index in [9.17, 15) is 13.2 Å². The number of imidazole rings is 1. The van der Waals surface area contributed by atoms with Gasteiger partial charge in [0, 0.05) is 26.2 Å². The van der Waals surface area contributed by atoms with Crippen LogP contribution in [-0.4, -0.2) is 63.7 Å². The van der Waals surface area contributed by atoms with Crippen molar-refractivity contribution in [2.75, 3.05) is 19.3 Å². The lowest BCUT2D eigenvalue weighted by Gasteiger charge is -2.24. The maximum atomic E-state index is 12.5. The summed E-state index contributed by atoms with van der Waals surface area (Å²) in [7, 11) is -1.56. The van der Waals surface area contributed by atoms with Crippen LogP contribution in [0.1, 0.15) is 35.0 Å². The molecule has 3 heterocycles. The number of nitrogens with zero attached hydrogens (tertiary/aromatic N) is 5. The summed E-state index contributed by atoms with van der Waals surface area (Å²) in [5, 5.41) is 6.94. The Bertz CT molecular complexity index is 983. The summed E-state index contributed by atoms with van der Waals surface area (Å²) in [4.78, 5) is 20.9. The van der Waals surface area contributed by atoms with Crippen molar-refractivity contribution in [1.29, 1.82) is 0 Å². The highest BCUT2D eigenvalue weighted by molar-refractivity contribution is 7.88. The molecule has 1 N–H and O–H groups in total. The molecule has 1 aliphatic heterocycles. The van der Waals surface area contributed by atoms with Gasteiger partial charge in [0.15, 0.2) is 5.82 Å². The number of amides is 1. The van der Waals surface area contributed by atoms with Gasteiger partial charge in [-0.25, -0.2) is 17.7 Å². The highest BCUT2D eigenvalue weighted by atomic mass is 32.2. The van der Waals surface area contributed by atoms with Crippen molar-refractivity contribution >= 4 is 15.9 Å². The molecule has 1 saturated carbocycles. The minimum atomic E-state index is -3.32. The zero-order chi connectivity index (χ0) is 19.4. The Balaban J connectivity index is 1.59. The molecule has 10 nitrogen and oxygen atoms in total. The minimum Gasteiger partial charge on any atom is -0.348 e. The van der Waals surface area contributed by atoms with Gasteiger partial charge in [0.2, 0.25) is 15.9 Å². The maximum absolute atomic E-state index is 12.5. The topological polar surface area (TPSA) is 123 Å². The van der Waals surface area contributed by atoms with Crippen molar-refractivity contribution in [1.82, 2.24) is 29.3 Å². The molecule has 0 spiro atoms. The lowest BCUT2D eigenvalue weighted by molar-refractivity contribution is 0.0926. The molecule has 27 heavy (non-hydrogen) atoms. The summed E-state index contributed by atoms with van der Waals surface area (Å²) in [6.45, 7) is 2.41. The van der Waals surface area contributed by atoms with E-state index in [1.54, 1.807) is 24.9 Å². The standard InChI is InChI=1S/C16H22N6O4S/c1-10-18-15(26-20-10)16-5-12(19-14(23)13-6-17-9-21(13)2)4-11(16)7-22(8-16)27(3,24)25/h6,9,11-12H,4-5,7-8H2,1-3H3,(H,19,23)/t11?,12-,16+/m1/s1. The molecule has 1 unspecified atom stereocenters. The molecule has 146 valence electrons. The van der Waals surface area contributed by atoms with Crippen molar-refractivity contribution in [2.24, 2.45) is 13.0 Å². The fourth-order valence-corrected chi connectivity index (χ4v) is 5.27. The second kappa shape index (κ2) is 6.13. The van der Waals surface area contributed by atoms with Crippen LogP contribution in [0, 0.1) is 12.8 Å². The lowest BCUT2D eigenvalue weighted by Crippen LogP contribution is -2.39. The monoisotopic (exact) mass is 394 g/mol. The van der Waals surface area contributed by atoms with Gasteiger partial charge < -0.3 is 14.4 Å². The third kappa shape index (κ3) is 3.04. The molecule has 2 aliphatic rings. The Morgan fingerprint density at radius 1 is 1.44 bits per heavy atom. The van der Waals surface area contributed by atoms with Gasteiger partial charge in [-0.05, 0) is 25.7 Å². The normalized spacial score (nSPS) is 28.4. The fourth-order valence-electron chi connectivity index (χ4n) is 4.35. The molecular formula is C16H22N6O4S. The minimum absolute atomic E-state index is 0.00362. The van der Waals surface area contributed by atoms with Gasteiger partial charge in [-0.15, -0.1) is 0 Å². The summed E-state index contributed by atoms with van der Waals surface area (Å²) in [6, 6.07) is -0.105. The molecule has 1 amide bonds. The van der Waals surface area contributed by atoms with Crippen LogP contribution >= 0.6 is 0 Å². The zero-order valence-corrected chi connectivity index (χ0v) is 16.2. The molecule has 3 atom stereocenters. The molecule has 0 bridgehead atoms. The van der Waals surface area contributed by atoms with Gasteiger partial charge in [-0.3, -0.25) is 4.79 Å². The molecule has 1 aliphatic carbocycles. The van der Waals surface area contributed by atoms with E-state index < -0.39 is 15.4 Å². The molecule has 4 rings (SSSR count). The predicted octanol–water partition coefficient (Wildman–Crippen LogP) is -0.167. The average molecular weight is 394 g/mol. The van der Waals surface area contributed by atoms with Crippen molar-refractivity contribution in [3.8, 4) is 0 Å². The first-order chi connectivity index (χ1) is 12.7. The SMILES string of the molecule is Cc1noc([C@]23C[C@H](NC(=O)c4cncn4C)CC2CN(S(C)(=O)=O)C3)n1. The molecule has 0 radical (unpaired) electrons. The van der Waals surface area contributed by atoms with Crippen LogP contribution < -0.4 is 5.32 Å². The summed E-state index contributed by atoms with van der Waals surface area (Å²) >= 11 is 0. The number of rotatable bonds is 4.